The maximum Gasteiger partial charge on any atom is 0.409 e. The highest BCUT2D eigenvalue weighted by Crippen LogP contribution is 2.34. The molecule has 4 rings (SSSR count). The van der Waals surface area contributed by atoms with Crippen molar-refractivity contribution in [3.63, 3.8) is 0 Å². The summed E-state index contributed by atoms with van der Waals surface area (Å²) >= 11 is 12.7. The van der Waals surface area contributed by atoms with Crippen LogP contribution in [0.15, 0.2) is 54.6 Å². The molecule has 0 aromatic heterocycles. The number of benzene rings is 3. The monoisotopic (exact) mass is 312 g/mol. The molecule has 0 aliphatic carbocycles. The fraction of sp³-hybridized carbons (Fsp3) is 0. The topological polar surface area (TPSA) is 24.1 Å². The second-order valence-corrected chi connectivity index (χ2v) is 5.88. The molecular formula is C16H11BCl2N2. The predicted molar refractivity (Wildman–Crippen MR) is 93.0 cm³/mol. The summed E-state index contributed by atoms with van der Waals surface area (Å²) in [5.41, 5.74) is 3.04. The minimum absolute atomic E-state index is 0.147. The summed E-state index contributed by atoms with van der Waals surface area (Å²) in [6, 6.07) is 18.0. The molecule has 21 heavy (non-hydrogen) atoms. The van der Waals surface area contributed by atoms with Gasteiger partial charge in [-0.05, 0) is 29.7 Å². The van der Waals surface area contributed by atoms with E-state index in [1.54, 1.807) is 0 Å². The molecule has 0 bridgehead atoms. The smallest absolute Gasteiger partial charge is 0.405 e. The molecule has 0 radical (unpaired) electrons. The number of halogens is 2. The van der Waals surface area contributed by atoms with Gasteiger partial charge in [-0.25, -0.2) is 0 Å². The minimum atomic E-state index is -0.147. The van der Waals surface area contributed by atoms with Gasteiger partial charge in [0.05, 0.1) is 0 Å². The lowest BCUT2D eigenvalue weighted by Crippen LogP contribution is -2.48. The largest absolute Gasteiger partial charge is 0.409 e. The summed E-state index contributed by atoms with van der Waals surface area (Å²) in [6.07, 6.45) is 0. The average Bonchev–Trinajstić information content (AvgIpc) is 2.47. The second kappa shape index (κ2) is 4.87. The van der Waals surface area contributed by atoms with Crippen molar-refractivity contribution in [1.82, 2.24) is 0 Å². The van der Waals surface area contributed by atoms with Crippen molar-refractivity contribution in [2.24, 2.45) is 0 Å². The summed E-state index contributed by atoms with van der Waals surface area (Å²) in [5.74, 6) is 0. The Morgan fingerprint density at radius 1 is 0.714 bits per heavy atom. The van der Waals surface area contributed by atoms with Gasteiger partial charge in [0, 0.05) is 32.3 Å². The molecule has 2 N–H and O–H groups in total. The Bertz CT molecular complexity index is 790. The molecule has 0 unspecified atom stereocenters. The molecule has 3 aromatic rings. The minimum Gasteiger partial charge on any atom is -0.405 e. The van der Waals surface area contributed by atoms with E-state index >= 15 is 0 Å². The van der Waals surface area contributed by atoms with Crippen molar-refractivity contribution < 1.29 is 0 Å². The first-order valence-electron chi connectivity index (χ1n) is 6.73. The van der Waals surface area contributed by atoms with Gasteiger partial charge >= 0.3 is 6.98 Å². The molecule has 0 saturated carbocycles. The van der Waals surface area contributed by atoms with E-state index in [1.165, 1.54) is 10.8 Å². The van der Waals surface area contributed by atoms with Crippen molar-refractivity contribution in [3.05, 3.63) is 64.6 Å². The number of hydrogen-bond donors (Lipinski definition) is 2. The predicted octanol–water partition coefficient (Wildman–Crippen LogP) is 4.38. The number of hydrogen-bond acceptors (Lipinski definition) is 2. The fourth-order valence-corrected chi connectivity index (χ4v) is 3.48. The van der Waals surface area contributed by atoms with Crippen LogP contribution in [0.3, 0.4) is 0 Å². The molecule has 102 valence electrons. The lowest BCUT2D eigenvalue weighted by Gasteiger charge is -2.27. The molecule has 1 heterocycles. The Kier molecular flexibility index (Phi) is 2.98. The van der Waals surface area contributed by atoms with Crippen LogP contribution >= 0.6 is 23.2 Å². The zero-order valence-electron chi connectivity index (χ0n) is 11.0. The highest BCUT2D eigenvalue weighted by molar-refractivity contribution is 6.83. The molecule has 5 heteroatoms. The molecule has 0 atom stereocenters. The SMILES string of the molecule is Clc1cccc(Cl)c1B1Nc2cccc3cccc(c23)N1. The van der Waals surface area contributed by atoms with Crippen LogP contribution in [0.5, 0.6) is 0 Å². The van der Waals surface area contributed by atoms with Crippen molar-refractivity contribution >= 4 is 57.8 Å². The molecule has 2 nitrogen and oxygen atoms in total. The van der Waals surface area contributed by atoms with Crippen LogP contribution in [-0.2, 0) is 0 Å². The normalized spacial score (nSPS) is 13.0. The molecular weight excluding hydrogens is 302 g/mol. The van der Waals surface area contributed by atoms with Crippen LogP contribution < -0.4 is 15.9 Å². The average molecular weight is 313 g/mol. The van der Waals surface area contributed by atoms with E-state index in [0.717, 1.165) is 16.8 Å². The van der Waals surface area contributed by atoms with Gasteiger partial charge < -0.3 is 10.5 Å². The first kappa shape index (κ1) is 12.9. The highest BCUT2D eigenvalue weighted by atomic mass is 35.5. The molecule has 3 aromatic carbocycles. The van der Waals surface area contributed by atoms with Gasteiger partial charge in [-0.3, -0.25) is 0 Å². The Labute approximate surface area is 133 Å². The van der Waals surface area contributed by atoms with E-state index in [9.17, 15) is 0 Å². The third kappa shape index (κ3) is 2.05. The van der Waals surface area contributed by atoms with E-state index in [0.29, 0.717) is 10.0 Å². The lowest BCUT2D eigenvalue weighted by atomic mass is 9.66. The van der Waals surface area contributed by atoms with Crippen LogP contribution in [0, 0.1) is 0 Å². The van der Waals surface area contributed by atoms with E-state index in [1.807, 2.05) is 30.3 Å². The van der Waals surface area contributed by atoms with Crippen LogP contribution in [0.25, 0.3) is 10.8 Å². The van der Waals surface area contributed by atoms with Crippen molar-refractivity contribution in [2.75, 3.05) is 10.5 Å². The zero-order valence-corrected chi connectivity index (χ0v) is 12.5. The number of anilines is 2. The Balaban J connectivity index is 1.87. The molecule has 0 amide bonds. The quantitative estimate of drug-likeness (QED) is 0.652. The van der Waals surface area contributed by atoms with Crippen LogP contribution in [0.4, 0.5) is 11.4 Å². The summed E-state index contributed by atoms with van der Waals surface area (Å²) in [7, 11) is 0. The van der Waals surface area contributed by atoms with Crippen molar-refractivity contribution in [2.45, 2.75) is 0 Å². The Hall–Kier alpha value is -1.84. The van der Waals surface area contributed by atoms with Crippen LogP contribution in [0.2, 0.25) is 10.0 Å². The van der Waals surface area contributed by atoms with Crippen molar-refractivity contribution in [3.8, 4) is 0 Å². The summed E-state index contributed by atoms with van der Waals surface area (Å²) < 4.78 is 0. The van der Waals surface area contributed by atoms with Crippen LogP contribution in [-0.4, -0.2) is 6.98 Å². The van der Waals surface area contributed by atoms with Gasteiger partial charge in [0.15, 0.2) is 0 Å². The first-order valence-corrected chi connectivity index (χ1v) is 7.48. The van der Waals surface area contributed by atoms with Crippen molar-refractivity contribution in [1.29, 1.82) is 0 Å². The van der Waals surface area contributed by atoms with Gasteiger partial charge in [-0.2, -0.15) is 0 Å². The van der Waals surface area contributed by atoms with Gasteiger partial charge in [-0.15, -0.1) is 0 Å². The fourth-order valence-electron chi connectivity index (χ4n) is 2.86. The van der Waals surface area contributed by atoms with Gasteiger partial charge in [0.2, 0.25) is 0 Å². The van der Waals surface area contributed by atoms with Gasteiger partial charge in [0.1, 0.15) is 0 Å². The first-order chi connectivity index (χ1) is 10.2. The number of nitrogens with one attached hydrogen (secondary N) is 2. The standard InChI is InChI=1S/C16H11BCl2N2/c18-11-6-3-7-12(19)16(11)17-20-13-8-1-4-10-5-2-9-14(21-17)15(10)13/h1-9,20-21H. The van der Waals surface area contributed by atoms with Crippen LogP contribution in [0.1, 0.15) is 0 Å². The van der Waals surface area contributed by atoms with E-state index in [4.69, 9.17) is 23.2 Å². The summed E-state index contributed by atoms with van der Waals surface area (Å²) in [6.45, 7) is -0.147. The molecule has 1 aliphatic rings. The van der Waals surface area contributed by atoms with Gasteiger partial charge in [-0.1, -0.05) is 53.5 Å². The van der Waals surface area contributed by atoms with E-state index < -0.39 is 0 Å². The summed E-state index contributed by atoms with van der Waals surface area (Å²) in [5, 5.41) is 10.7. The lowest BCUT2D eigenvalue weighted by molar-refractivity contribution is 1.60. The third-order valence-electron chi connectivity index (χ3n) is 3.79. The molecule has 0 saturated heterocycles. The van der Waals surface area contributed by atoms with E-state index in [-0.39, 0.29) is 6.98 Å². The van der Waals surface area contributed by atoms with E-state index in [2.05, 4.69) is 34.7 Å². The van der Waals surface area contributed by atoms with Gasteiger partial charge in [0.25, 0.3) is 0 Å². The Morgan fingerprint density at radius 2 is 1.24 bits per heavy atom. The summed E-state index contributed by atoms with van der Waals surface area (Å²) in [4.78, 5) is 0. The third-order valence-corrected chi connectivity index (χ3v) is 4.45. The zero-order chi connectivity index (χ0) is 14.4. The maximum absolute atomic E-state index is 6.33. The molecule has 1 aliphatic heterocycles. The number of rotatable bonds is 1. The molecule has 0 spiro atoms. The second-order valence-electron chi connectivity index (χ2n) is 5.07. The molecule has 0 fully saturated rings. The highest BCUT2D eigenvalue weighted by Gasteiger charge is 2.28. The maximum atomic E-state index is 6.33. The Morgan fingerprint density at radius 3 is 1.81 bits per heavy atom.